The minimum Gasteiger partial charge on any atom is -0.293 e. The predicted octanol–water partition coefficient (Wildman–Crippen LogP) is 0.861. The molecule has 1 spiro atoms. The van der Waals surface area contributed by atoms with E-state index in [2.05, 4.69) is 27.8 Å². The van der Waals surface area contributed by atoms with Crippen LogP contribution in [0.15, 0.2) is 12.3 Å². The third-order valence-electron chi connectivity index (χ3n) is 3.28. The fraction of sp³-hybridized carbons (Fsp3) is 0.667. The molecule has 0 unspecified atom stereocenters. The van der Waals surface area contributed by atoms with Crippen molar-refractivity contribution in [2.45, 2.75) is 31.5 Å². The molecule has 0 atom stereocenters. The van der Waals surface area contributed by atoms with Gasteiger partial charge in [-0.05, 0) is 26.0 Å². The van der Waals surface area contributed by atoms with Crippen LogP contribution in [-0.2, 0) is 13.1 Å². The van der Waals surface area contributed by atoms with Gasteiger partial charge in [-0.1, -0.05) is 0 Å². The van der Waals surface area contributed by atoms with E-state index < -0.39 is 0 Å². The van der Waals surface area contributed by atoms with Gasteiger partial charge in [-0.3, -0.25) is 9.58 Å². The quantitative estimate of drug-likeness (QED) is 0.565. The molecule has 2 heterocycles. The summed E-state index contributed by atoms with van der Waals surface area (Å²) in [7, 11) is 2.23. The molecule has 1 fully saturated rings. The van der Waals surface area contributed by atoms with E-state index in [0.717, 1.165) is 13.1 Å². The molecule has 3 nitrogen and oxygen atoms in total. The van der Waals surface area contributed by atoms with Crippen molar-refractivity contribution in [2.75, 3.05) is 7.05 Å². The van der Waals surface area contributed by atoms with Gasteiger partial charge < -0.3 is 0 Å². The minimum atomic E-state index is 0.485. The van der Waals surface area contributed by atoms with E-state index in [1.807, 2.05) is 6.20 Å². The van der Waals surface area contributed by atoms with Gasteiger partial charge in [-0.25, -0.2) is 0 Å². The van der Waals surface area contributed by atoms with Gasteiger partial charge in [-0.15, -0.1) is 0 Å². The van der Waals surface area contributed by atoms with Crippen molar-refractivity contribution in [1.82, 2.24) is 14.7 Å². The van der Waals surface area contributed by atoms with Crippen LogP contribution < -0.4 is 0 Å². The van der Waals surface area contributed by atoms with E-state index in [4.69, 9.17) is 0 Å². The smallest absolute Gasteiger partial charge is 0.0597 e. The molecule has 12 heavy (non-hydrogen) atoms. The molecular weight excluding hydrogens is 150 g/mol. The summed E-state index contributed by atoms with van der Waals surface area (Å²) in [6.07, 6.45) is 4.61. The zero-order chi connectivity index (χ0) is 8.18. The van der Waals surface area contributed by atoms with E-state index in [0.29, 0.717) is 5.54 Å². The second-order valence-electron chi connectivity index (χ2n) is 4.06. The molecule has 1 aliphatic heterocycles. The lowest BCUT2D eigenvalue weighted by molar-refractivity contribution is 0.148. The molecule has 64 valence electrons. The highest BCUT2D eigenvalue weighted by Crippen LogP contribution is 2.45. The van der Waals surface area contributed by atoms with Gasteiger partial charge >= 0.3 is 0 Å². The molecule has 0 amide bonds. The molecule has 0 aromatic carbocycles. The number of hydrogen-bond donors (Lipinski definition) is 0. The van der Waals surface area contributed by atoms with Crippen molar-refractivity contribution in [1.29, 1.82) is 0 Å². The van der Waals surface area contributed by atoms with Gasteiger partial charge in [0.1, 0.15) is 0 Å². The summed E-state index contributed by atoms with van der Waals surface area (Å²) in [5, 5.41) is 4.32. The fourth-order valence-corrected chi connectivity index (χ4v) is 2.13. The van der Waals surface area contributed by atoms with Crippen LogP contribution in [0.2, 0.25) is 0 Å². The molecule has 1 saturated carbocycles. The third kappa shape index (κ3) is 0.719. The first-order valence-corrected chi connectivity index (χ1v) is 4.52. The number of rotatable bonds is 0. The average molecular weight is 163 g/mol. The Morgan fingerprint density at radius 2 is 2.33 bits per heavy atom. The summed E-state index contributed by atoms with van der Waals surface area (Å²) in [6.45, 7) is 2.17. The summed E-state index contributed by atoms with van der Waals surface area (Å²) < 4.78 is 2.16. The molecule has 3 rings (SSSR count). The Labute approximate surface area is 72.0 Å². The van der Waals surface area contributed by atoms with Gasteiger partial charge in [0.2, 0.25) is 0 Å². The molecule has 1 aliphatic carbocycles. The zero-order valence-corrected chi connectivity index (χ0v) is 7.32. The summed E-state index contributed by atoms with van der Waals surface area (Å²) in [5.41, 5.74) is 1.84. The van der Waals surface area contributed by atoms with E-state index in [1.54, 1.807) is 0 Å². The Bertz CT molecular complexity index is 311. The topological polar surface area (TPSA) is 21.1 Å². The summed E-state index contributed by atoms with van der Waals surface area (Å²) >= 11 is 0. The van der Waals surface area contributed by atoms with Crippen molar-refractivity contribution >= 4 is 0 Å². The first kappa shape index (κ1) is 6.66. The van der Waals surface area contributed by atoms with Gasteiger partial charge in [0.15, 0.2) is 0 Å². The van der Waals surface area contributed by atoms with Gasteiger partial charge in [0.05, 0.1) is 12.2 Å². The number of fused-ring (bicyclic) bond motifs is 1. The van der Waals surface area contributed by atoms with Crippen molar-refractivity contribution in [3.63, 3.8) is 0 Å². The van der Waals surface area contributed by atoms with Crippen LogP contribution in [0, 0.1) is 0 Å². The highest BCUT2D eigenvalue weighted by atomic mass is 15.4. The molecule has 1 aromatic heterocycles. The highest BCUT2D eigenvalue weighted by Gasteiger charge is 2.49. The number of nitrogens with zero attached hydrogens (tertiary/aromatic N) is 3. The first-order chi connectivity index (χ1) is 5.80. The van der Waals surface area contributed by atoms with E-state index in [1.165, 1.54) is 18.5 Å². The molecule has 3 heteroatoms. The fourth-order valence-electron chi connectivity index (χ4n) is 2.13. The molecular formula is C9H13N3. The predicted molar refractivity (Wildman–Crippen MR) is 45.7 cm³/mol. The van der Waals surface area contributed by atoms with E-state index >= 15 is 0 Å². The monoisotopic (exact) mass is 163 g/mol. The second kappa shape index (κ2) is 1.91. The molecule has 1 aromatic rings. The van der Waals surface area contributed by atoms with Crippen LogP contribution >= 0.6 is 0 Å². The van der Waals surface area contributed by atoms with Crippen LogP contribution in [0.5, 0.6) is 0 Å². The van der Waals surface area contributed by atoms with Crippen LogP contribution in [0.25, 0.3) is 0 Å². The number of likely N-dealkylation sites (N-methyl/N-ethyl adjacent to an activating group) is 1. The van der Waals surface area contributed by atoms with Crippen LogP contribution in [0.4, 0.5) is 0 Å². The highest BCUT2D eigenvalue weighted by molar-refractivity contribution is 5.12. The van der Waals surface area contributed by atoms with Crippen molar-refractivity contribution in [3.05, 3.63) is 18.0 Å². The maximum atomic E-state index is 4.32. The van der Waals surface area contributed by atoms with Crippen molar-refractivity contribution in [2.24, 2.45) is 0 Å². The second-order valence-corrected chi connectivity index (χ2v) is 4.06. The first-order valence-electron chi connectivity index (χ1n) is 4.52. The Morgan fingerprint density at radius 3 is 3.08 bits per heavy atom. The zero-order valence-electron chi connectivity index (χ0n) is 7.32. The van der Waals surface area contributed by atoms with E-state index in [-0.39, 0.29) is 0 Å². The summed E-state index contributed by atoms with van der Waals surface area (Å²) in [4.78, 5) is 2.48. The third-order valence-corrected chi connectivity index (χ3v) is 3.28. The van der Waals surface area contributed by atoms with Gasteiger partial charge in [0, 0.05) is 18.3 Å². The SMILES string of the molecule is CN1Cc2ccnn2CC12CC2. The number of aromatic nitrogens is 2. The van der Waals surface area contributed by atoms with Gasteiger partial charge in [-0.2, -0.15) is 5.10 Å². The lowest BCUT2D eigenvalue weighted by Gasteiger charge is -2.33. The Balaban J connectivity index is 2.02. The summed E-state index contributed by atoms with van der Waals surface area (Å²) in [6, 6.07) is 2.12. The molecule has 2 aliphatic rings. The van der Waals surface area contributed by atoms with Crippen molar-refractivity contribution < 1.29 is 0 Å². The normalized spacial score (nSPS) is 25.8. The Hall–Kier alpha value is -0.830. The lowest BCUT2D eigenvalue weighted by Crippen LogP contribution is -2.42. The van der Waals surface area contributed by atoms with E-state index in [9.17, 15) is 0 Å². The Kier molecular flexibility index (Phi) is 1.06. The number of hydrogen-bond acceptors (Lipinski definition) is 2. The van der Waals surface area contributed by atoms with Crippen LogP contribution in [0.3, 0.4) is 0 Å². The lowest BCUT2D eigenvalue weighted by atomic mass is 10.1. The maximum Gasteiger partial charge on any atom is 0.0597 e. The van der Waals surface area contributed by atoms with Gasteiger partial charge in [0.25, 0.3) is 0 Å². The molecule has 0 N–H and O–H groups in total. The minimum absolute atomic E-state index is 0.485. The Morgan fingerprint density at radius 1 is 1.50 bits per heavy atom. The van der Waals surface area contributed by atoms with Crippen LogP contribution in [-0.4, -0.2) is 27.3 Å². The largest absolute Gasteiger partial charge is 0.293 e. The average Bonchev–Trinajstić information content (AvgIpc) is 2.67. The standard InChI is InChI=1S/C9H13N3/c1-11-6-8-2-5-10-12(8)7-9(11)3-4-9/h2,5H,3-4,6-7H2,1H3. The molecule has 0 bridgehead atoms. The van der Waals surface area contributed by atoms with Crippen molar-refractivity contribution in [3.8, 4) is 0 Å². The summed E-state index contributed by atoms with van der Waals surface area (Å²) in [5.74, 6) is 0. The maximum absolute atomic E-state index is 4.32. The van der Waals surface area contributed by atoms with Crippen LogP contribution in [0.1, 0.15) is 18.5 Å². The molecule has 0 radical (unpaired) electrons. The molecule has 0 saturated heterocycles.